The van der Waals surface area contributed by atoms with Crippen molar-refractivity contribution in [2.45, 2.75) is 45.3 Å². The first kappa shape index (κ1) is 14.0. The van der Waals surface area contributed by atoms with Crippen molar-refractivity contribution in [2.24, 2.45) is 0 Å². The smallest absolute Gasteiger partial charge is 0.317 e. The summed E-state index contributed by atoms with van der Waals surface area (Å²) in [5, 5.41) is 2.97. The van der Waals surface area contributed by atoms with Crippen molar-refractivity contribution >= 4 is 6.03 Å². The Bertz CT molecular complexity index is 250. The first-order valence-electron chi connectivity index (χ1n) is 6.45. The zero-order valence-corrected chi connectivity index (χ0v) is 10.9. The Hall–Kier alpha value is -1.03. The molecule has 1 fully saturated rings. The van der Waals surface area contributed by atoms with Gasteiger partial charge in [-0.05, 0) is 33.1 Å². The number of amides is 2. The molecule has 98 valence electrons. The lowest BCUT2D eigenvalue weighted by atomic mass is 10.2. The van der Waals surface area contributed by atoms with Crippen LogP contribution in [-0.4, -0.2) is 42.8 Å². The number of rotatable bonds is 6. The van der Waals surface area contributed by atoms with Gasteiger partial charge in [-0.2, -0.15) is 0 Å². The topological polar surface area (TPSA) is 41.6 Å². The summed E-state index contributed by atoms with van der Waals surface area (Å²) in [5.41, 5.74) is 0. The first-order chi connectivity index (χ1) is 8.17. The van der Waals surface area contributed by atoms with Crippen molar-refractivity contribution in [2.75, 3.05) is 19.7 Å². The van der Waals surface area contributed by atoms with E-state index in [2.05, 4.69) is 11.9 Å². The molecule has 1 N–H and O–H groups in total. The number of ether oxygens (including phenoxy) is 1. The molecule has 4 heteroatoms. The van der Waals surface area contributed by atoms with Crippen LogP contribution in [0.3, 0.4) is 0 Å². The minimum atomic E-state index is -0.00245. The molecule has 0 aromatic rings. The molecular formula is C13H24N2O2. The van der Waals surface area contributed by atoms with Crippen LogP contribution in [0.4, 0.5) is 4.79 Å². The quantitative estimate of drug-likeness (QED) is 0.723. The van der Waals surface area contributed by atoms with Crippen molar-refractivity contribution in [3.8, 4) is 0 Å². The Balaban J connectivity index is 2.37. The van der Waals surface area contributed by atoms with Crippen LogP contribution in [0, 0.1) is 0 Å². The van der Waals surface area contributed by atoms with E-state index in [1.165, 1.54) is 0 Å². The second-order valence-corrected chi connectivity index (χ2v) is 4.55. The fourth-order valence-corrected chi connectivity index (χ4v) is 2.00. The van der Waals surface area contributed by atoms with Crippen LogP contribution in [0.1, 0.15) is 33.1 Å². The predicted molar refractivity (Wildman–Crippen MR) is 69.0 cm³/mol. The molecule has 0 spiro atoms. The summed E-state index contributed by atoms with van der Waals surface area (Å²) >= 11 is 0. The monoisotopic (exact) mass is 240 g/mol. The van der Waals surface area contributed by atoms with Gasteiger partial charge in [-0.3, -0.25) is 0 Å². The molecule has 0 aromatic carbocycles. The Morgan fingerprint density at radius 1 is 1.71 bits per heavy atom. The van der Waals surface area contributed by atoms with Crippen molar-refractivity contribution in [3.05, 3.63) is 12.7 Å². The molecule has 0 aliphatic carbocycles. The minimum absolute atomic E-state index is 0.00245. The lowest BCUT2D eigenvalue weighted by Crippen LogP contribution is -2.46. The van der Waals surface area contributed by atoms with E-state index >= 15 is 0 Å². The van der Waals surface area contributed by atoms with E-state index in [9.17, 15) is 4.79 Å². The average molecular weight is 240 g/mol. The zero-order valence-electron chi connectivity index (χ0n) is 10.9. The number of likely N-dealkylation sites (N-methyl/N-ethyl adjacent to an activating group) is 1. The molecule has 0 saturated carbocycles. The molecular weight excluding hydrogens is 216 g/mol. The van der Waals surface area contributed by atoms with E-state index in [0.29, 0.717) is 13.1 Å². The molecule has 1 rings (SSSR count). The SMILES string of the molecule is C=CC[C@@H](C)NC(=O)N(CC)C[C@@H]1CCCO1. The number of nitrogens with zero attached hydrogens (tertiary/aromatic N) is 1. The highest BCUT2D eigenvalue weighted by Crippen LogP contribution is 2.13. The van der Waals surface area contributed by atoms with Gasteiger partial charge in [0.05, 0.1) is 6.10 Å². The lowest BCUT2D eigenvalue weighted by molar-refractivity contribution is 0.0822. The van der Waals surface area contributed by atoms with Gasteiger partial charge in [-0.1, -0.05) is 6.08 Å². The van der Waals surface area contributed by atoms with Crippen molar-refractivity contribution in [1.82, 2.24) is 10.2 Å². The average Bonchev–Trinajstić information content (AvgIpc) is 2.78. The van der Waals surface area contributed by atoms with Gasteiger partial charge in [0.25, 0.3) is 0 Å². The maximum atomic E-state index is 12.0. The highest BCUT2D eigenvalue weighted by atomic mass is 16.5. The molecule has 1 aliphatic rings. The van der Waals surface area contributed by atoms with Gasteiger partial charge in [0.1, 0.15) is 0 Å². The molecule has 4 nitrogen and oxygen atoms in total. The van der Waals surface area contributed by atoms with Crippen LogP contribution in [-0.2, 0) is 4.74 Å². The summed E-state index contributed by atoms with van der Waals surface area (Å²) in [7, 11) is 0. The number of carbonyl (C=O) groups is 1. The third-order valence-corrected chi connectivity index (χ3v) is 3.01. The number of nitrogens with one attached hydrogen (secondary N) is 1. The van der Waals surface area contributed by atoms with Gasteiger partial charge in [0.15, 0.2) is 0 Å². The second kappa shape index (κ2) is 7.33. The molecule has 1 heterocycles. The Kier molecular flexibility index (Phi) is 6.05. The third-order valence-electron chi connectivity index (χ3n) is 3.01. The van der Waals surface area contributed by atoms with Crippen molar-refractivity contribution in [3.63, 3.8) is 0 Å². The van der Waals surface area contributed by atoms with Crippen LogP contribution in [0.5, 0.6) is 0 Å². The van der Waals surface area contributed by atoms with Gasteiger partial charge in [0.2, 0.25) is 0 Å². The van der Waals surface area contributed by atoms with Crippen molar-refractivity contribution < 1.29 is 9.53 Å². The molecule has 17 heavy (non-hydrogen) atoms. The molecule has 0 radical (unpaired) electrons. The number of urea groups is 1. The predicted octanol–water partition coefficient (Wildman–Crippen LogP) is 2.16. The summed E-state index contributed by atoms with van der Waals surface area (Å²) in [6, 6.07) is 0.135. The van der Waals surface area contributed by atoms with Crippen LogP contribution in [0.15, 0.2) is 12.7 Å². The zero-order chi connectivity index (χ0) is 12.7. The molecule has 1 saturated heterocycles. The molecule has 0 bridgehead atoms. The molecule has 0 unspecified atom stereocenters. The molecule has 1 aliphatic heterocycles. The van der Waals surface area contributed by atoms with Gasteiger partial charge in [0, 0.05) is 25.7 Å². The van der Waals surface area contributed by atoms with E-state index in [-0.39, 0.29) is 18.2 Å². The minimum Gasteiger partial charge on any atom is -0.376 e. The van der Waals surface area contributed by atoms with Crippen molar-refractivity contribution in [1.29, 1.82) is 0 Å². The standard InChI is InChI=1S/C13H24N2O2/c1-4-7-11(3)14-13(16)15(5-2)10-12-8-6-9-17-12/h4,11-12H,1,5-10H2,2-3H3,(H,14,16)/t11-,12+/m1/s1. The van der Waals surface area contributed by atoms with Crippen LogP contribution >= 0.6 is 0 Å². The molecule has 2 amide bonds. The Labute approximate surface area is 104 Å². The summed E-state index contributed by atoms with van der Waals surface area (Å²) in [4.78, 5) is 13.8. The summed E-state index contributed by atoms with van der Waals surface area (Å²) in [6.07, 6.45) is 5.00. The van der Waals surface area contributed by atoms with Crippen LogP contribution < -0.4 is 5.32 Å². The van der Waals surface area contributed by atoms with E-state index in [1.807, 2.05) is 24.8 Å². The summed E-state index contributed by atoms with van der Waals surface area (Å²) in [6.45, 7) is 9.89. The molecule has 0 aromatic heterocycles. The lowest BCUT2D eigenvalue weighted by Gasteiger charge is -2.25. The summed E-state index contributed by atoms with van der Waals surface area (Å²) < 4.78 is 5.55. The van der Waals surface area contributed by atoms with Crippen LogP contribution in [0.25, 0.3) is 0 Å². The largest absolute Gasteiger partial charge is 0.376 e. The molecule has 2 atom stereocenters. The number of carbonyl (C=O) groups excluding carboxylic acids is 1. The maximum absolute atomic E-state index is 12.0. The van der Waals surface area contributed by atoms with E-state index in [0.717, 1.165) is 25.9 Å². The normalized spacial score (nSPS) is 20.9. The highest BCUT2D eigenvalue weighted by molar-refractivity contribution is 5.74. The number of hydrogen-bond donors (Lipinski definition) is 1. The van der Waals surface area contributed by atoms with Gasteiger partial charge in [-0.25, -0.2) is 4.79 Å². The van der Waals surface area contributed by atoms with Gasteiger partial charge >= 0.3 is 6.03 Å². The van der Waals surface area contributed by atoms with E-state index < -0.39 is 0 Å². The first-order valence-corrected chi connectivity index (χ1v) is 6.45. The van der Waals surface area contributed by atoms with Crippen LogP contribution in [0.2, 0.25) is 0 Å². The Morgan fingerprint density at radius 2 is 2.47 bits per heavy atom. The fraction of sp³-hybridized carbons (Fsp3) is 0.769. The van der Waals surface area contributed by atoms with E-state index in [1.54, 1.807) is 0 Å². The second-order valence-electron chi connectivity index (χ2n) is 4.55. The fourth-order valence-electron chi connectivity index (χ4n) is 2.00. The maximum Gasteiger partial charge on any atom is 0.317 e. The highest BCUT2D eigenvalue weighted by Gasteiger charge is 2.21. The van der Waals surface area contributed by atoms with Gasteiger partial charge < -0.3 is 15.0 Å². The summed E-state index contributed by atoms with van der Waals surface area (Å²) in [5.74, 6) is 0. The van der Waals surface area contributed by atoms with Gasteiger partial charge in [-0.15, -0.1) is 6.58 Å². The third kappa shape index (κ3) is 4.77. The van der Waals surface area contributed by atoms with E-state index in [4.69, 9.17) is 4.74 Å². The number of hydrogen-bond acceptors (Lipinski definition) is 2. The Morgan fingerprint density at radius 3 is 3.00 bits per heavy atom.